The van der Waals surface area contributed by atoms with Crippen molar-refractivity contribution in [2.75, 3.05) is 26.2 Å². The van der Waals surface area contributed by atoms with E-state index < -0.39 is 0 Å². The van der Waals surface area contributed by atoms with Gasteiger partial charge in [0, 0.05) is 31.7 Å². The predicted octanol–water partition coefficient (Wildman–Crippen LogP) is 1.99. The van der Waals surface area contributed by atoms with Crippen LogP contribution >= 0.6 is 0 Å². The SMILES string of the molecule is O=C(NC1CC1)[C@@H]1CCCN(C2CCN(C(=O)c3ccccc3O)CC2)C1. The maximum atomic E-state index is 12.7. The summed E-state index contributed by atoms with van der Waals surface area (Å²) in [6.45, 7) is 3.29. The zero-order valence-corrected chi connectivity index (χ0v) is 15.8. The largest absolute Gasteiger partial charge is 0.507 e. The number of phenolic OH excluding ortho intramolecular Hbond substituents is 1. The minimum atomic E-state index is -0.0909. The van der Waals surface area contributed by atoms with Gasteiger partial charge < -0.3 is 15.3 Å². The quantitative estimate of drug-likeness (QED) is 0.849. The van der Waals surface area contributed by atoms with Crippen molar-refractivity contribution in [2.24, 2.45) is 5.92 Å². The number of benzene rings is 1. The lowest BCUT2D eigenvalue weighted by atomic mass is 9.93. The molecule has 0 spiro atoms. The van der Waals surface area contributed by atoms with Gasteiger partial charge >= 0.3 is 0 Å². The fourth-order valence-electron chi connectivity index (χ4n) is 4.36. The predicted molar refractivity (Wildman–Crippen MR) is 102 cm³/mol. The summed E-state index contributed by atoms with van der Waals surface area (Å²) in [6.07, 6.45) is 6.17. The van der Waals surface area contributed by atoms with Crippen LogP contribution in [0.3, 0.4) is 0 Å². The first-order valence-corrected chi connectivity index (χ1v) is 10.2. The second-order valence-electron chi connectivity index (χ2n) is 8.16. The number of carbonyl (C=O) groups is 2. The molecule has 1 atom stereocenters. The molecule has 2 heterocycles. The van der Waals surface area contributed by atoms with Gasteiger partial charge in [0.1, 0.15) is 5.75 Å². The molecule has 6 nitrogen and oxygen atoms in total. The highest BCUT2D eigenvalue weighted by Crippen LogP contribution is 2.27. The molecule has 0 bridgehead atoms. The van der Waals surface area contributed by atoms with Crippen molar-refractivity contribution in [3.05, 3.63) is 29.8 Å². The molecule has 146 valence electrons. The summed E-state index contributed by atoms with van der Waals surface area (Å²) in [5, 5.41) is 13.1. The Morgan fingerprint density at radius 3 is 2.44 bits per heavy atom. The lowest BCUT2D eigenvalue weighted by molar-refractivity contribution is -0.127. The molecule has 6 heteroatoms. The van der Waals surface area contributed by atoms with E-state index in [0.717, 1.165) is 51.6 Å². The number of nitrogens with zero attached hydrogens (tertiary/aromatic N) is 2. The van der Waals surface area contributed by atoms with Crippen molar-refractivity contribution in [1.82, 2.24) is 15.1 Å². The third kappa shape index (κ3) is 4.26. The van der Waals surface area contributed by atoms with Gasteiger partial charge in [-0.05, 0) is 57.2 Å². The van der Waals surface area contributed by atoms with E-state index in [-0.39, 0.29) is 23.5 Å². The minimum Gasteiger partial charge on any atom is -0.507 e. The number of rotatable bonds is 4. The van der Waals surface area contributed by atoms with E-state index in [1.807, 2.05) is 4.90 Å². The smallest absolute Gasteiger partial charge is 0.257 e. The van der Waals surface area contributed by atoms with Crippen molar-refractivity contribution in [1.29, 1.82) is 0 Å². The molecule has 1 aromatic carbocycles. The molecule has 3 fully saturated rings. The zero-order chi connectivity index (χ0) is 18.8. The Kier molecular flexibility index (Phi) is 5.34. The maximum absolute atomic E-state index is 12.7. The van der Waals surface area contributed by atoms with E-state index in [9.17, 15) is 14.7 Å². The summed E-state index contributed by atoms with van der Waals surface area (Å²) in [5.74, 6) is 0.298. The Hall–Kier alpha value is -2.08. The molecule has 2 amide bonds. The number of carbonyl (C=O) groups excluding carboxylic acids is 2. The van der Waals surface area contributed by atoms with Crippen LogP contribution in [0.5, 0.6) is 5.75 Å². The maximum Gasteiger partial charge on any atom is 0.257 e. The van der Waals surface area contributed by atoms with E-state index >= 15 is 0 Å². The van der Waals surface area contributed by atoms with Gasteiger partial charge in [0.25, 0.3) is 5.91 Å². The molecular formula is C21H29N3O3. The van der Waals surface area contributed by atoms with Crippen molar-refractivity contribution in [3.63, 3.8) is 0 Å². The lowest BCUT2D eigenvalue weighted by Gasteiger charge is -2.42. The molecular weight excluding hydrogens is 342 g/mol. The molecule has 0 unspecified atom stereocenters. The van der Waals surface area contributed by atoms with Gasteiger partial charge in [0.2, 0.25) is 5.91 Å². The van der Waals surface area contributed by atoms with Gasteiger partial charge in [0.05, 0.1) is 11.5 Å². The number of piperidine rings is 2. The molecule has 1 aromatic rings. The van der Waals surface area contributed by atoms with Gasteiger partial charge in [-0.1, -0.05) is 12.1 Å². The van der Waals surface area contributed by atoms with Crippen molar-refractivity contribution < 1.29 is 14.7 Å². The summed E-state index contributed by atoms with van der Waals surface area (Å²) < 4.78 is 0. The highest BCUT2D eigenvalue weighted by atomic mass is 16.3. The molecule has 4 rings (SSSR count). The molecule has 27 heavy (non-hydrogen) atoms. The van der Waals surface area contributed by atoms with Crippen LogP contribution in [-0.2, 0) is 4.79 Å². The normalized spacial score (nSPS) is 24.6. The number of likely N-dealkylation sites (tertiary alicyclic amines) is 2. The van der Waals surface area contributed by atoms with Crippen LogP contribution in [0.25, 0.3) is 0 Å². The van der Waals surface area contributed by atoms with Crippen molar-refractivity contribution in [3.8, 4) is 5.75 Å². The van der Waals surface area contributed by atoms with Crippen LogP contribution in [0.4, 0.5) is 0 Å². The first-order chi connectivity index (χ1) is 13.1. The molecule has 1 aliphatic carbocycles. The van der Waals surface area contributed by atoms with Crippen LogP contribution in [0.2, 0.25) is 0 Å². The van der Waals surface area contributed by atoms with Crippen LogP contribution in [0.1, 0.15) is 48.9 Å². The molecule has 0 radical (unpaired) electrons. The Balaban J connectivity index is 1.30. The Morgan fingerprint density at radius 1 is 1.00 bits per heavy atom. The number of nitrogens with one attached hydrogen (secondary N) is 1. The second-order valence-corrected chi connectivity index (χ2v) is 8.16. The third-order valence-corrected chi connectivity index (χ3v) is 6.15. The molecule has 1 saturated carbocycles. The Morgan fingerprint density at radius 2 is 1.74 bits per heavy atom. The number of hydrogen-bond donors (Lipinski definition) is 2. The number of aromatic hydroxyl groups is 1. The minimum absolute atomic E-state index is 0.0465. The monoisotopic (exact) mass is 371 g/mol. The summed E-state index contributed by atoms with van der Waals surface area (Å²) >= 11 is 0. The third-order valence-electron chi connectivity index (χ3n) is 6.15. The van der Waals surface area contributed by atoms with Crippen molar-refractivity contribution in [2.45, 2.75) is 50.6 Å². The average molecular weight is 371 g/mol. The molecule has 2 N–H and O–H groups in total. The highest BCUT2D eigenvalue weighted by Gasteiger charge is 2.34. The molecule has 2 saturated heterocycles. The van der Waals surface area contributed by atoms with Crippen LogP contribution in [0.15, 0.2) is 24.3 Å². The second kappa shape index (κ2) is 7.89. The van der Waals surface area contributed by atoms with E-state index in [2.05, 4.69) is 10.2 Å². The van der Waals surface area contributed by atoms with E-state index in [1.54, 1.807) is 24.3 Å². The Bertz CT molecular complexity index is 696. The van der Waals surface area contributed by atoms with Crippen LogP contribution in [0, 0.1) is 5.92 Å². The van der Waals surface area contributed by atoms with Crippen molar-refractivity contribution >= 4 is 11.8 Å². The van der Waals surface area contributed by atoms with Gasteiger partial charge in [-0.25, -0.2) is 0 Å². The fraction of sp³-hybridized carbons (Fsp3) is 0.619. The van der Waals surface area contributed by atoms with Crippen LogP contribution < -0.4 is 5.32 Å². The fourth-order valence-corrected chi connectivity index (χ4v) is 4.36. The van der Waals surface area contributed by atoms with E-state index in [1.165, 1.54) is 0 Å². The van der Waals surface area contributed by atoms with E-state index in [4.69, 9.17) is 0 Å². The first-order valence-electron chi connectivity index (χ1n) is 10.2. The number of phenols is 1. The van der Waals surface area contributed by atoms with E-state index in [0.29, 0.717) is 30.7 Å². The standard InChI is InChI=1S/C21H29N3O3/c25-19-6-2-1-5-18(19)21(27)23-12-9-17(10-13-23)24-11-3-4-15(14-24)20(26)22-16-7-8-16/h1-2,5-6,15-17,25H,3-4,7-14H2,(H,22,26)/t15-/m1/s1. The number of para-hydroxylation sites is 1. The lowest BCUT2D eigenvalue weighted by Crippen LogP contribution is -2.51. The number of hydrogen-bond acceptors (Lipinski definition) is 4. The van der Waals surface area contributed by atoms with Gasteiger partial charge in [-0.2, -0.15) is 0 Å². The summed E-state index contributed by atoms with van der Waals surface area (Å²) in [7, 11) is 0. The highest BCUT2D eigenvalue weighted by molar-refractivity contribution is 5.96. The molecule has 0 aromatic heterocycles. The molecule has 2 aliphatic heterocycles. The average Bonchev–Trinajstić information content (AvgIpc) is 3.52. The van der Waals surface area contributed by atoms with Crippen LogP contribution in [-0.4, -0.2) is 65.0 Å². The molecule has 3 aliphatic rings. The van der Waals surface area contributed by atoms with Gasteiger partial charge in [-0.3, -0.25) is 14.5 Å². The number of amides is 2. The Labute approximate surface area is 160 Å². The summed E-state index contributed by atoms with van der Waals surface area (Å²) in [6, 6.07) is 7.61. The summed E-state index contributed by atoms with van der Waals surface area (Å²) in [5.41, 5.74) is 0.380. The van der Waals surface area contributed by atoms with Gasteiger partial charge in [-0.15, -0.1) is 0 Å². The first kappa shape index (κ1) is 18.3. The zero-order valence-electron chi connectivity index (χ0n) is 15.8. The topological polar surface area (TPSA) is 72.9 Å². The van der Waals surface area contributed by atoms with Gasteiger partial charge in [0.15, 0.2) is 0 Å². The summed E-state index contributed by atoms with van der Waals surface area (Å²) in [4.78, 5) is 29.3.